The van der Waals surface area contributed by atoms with Gasteiger partial charge < -0.3 is 25.0 Å². The number of benzene rings is 1. The molecule has 1 aliphatic heterocycles. The zero-order valence-electron chi connectivity index (χ0n) is 19.7. The number of hydrogen-bond donors (Lipinski definition) is 3. The summed E-state index contributed by atoms with van der Waals surface area (Å²) in [7, 11) is 4.19. The van der Waals surface area contributed by atoms with E-state index in [1.807, 2.05) is 19.2 Å². The Hall–Kier alpha value is -2.74. The molecular formula is C26H34N4O3. The second-order valence-corrected chi connectivity index (χ2v) is 9.36. The summed E-state index contributed by atoms with van der Waals surface area (Å²) in [6, 6.07) is 8.73. The Labute approximate surface area is 195 Å². The Morgan fingerprint density at radius 2 is 2.06 bits per heavy atom. The van der Waals surface area contributed by atoms with Gasteiger partial charge in [0.1, 0.15) is 5.65 Å². The van der Waals surface area contributed by atoms with Gasteiger partial charge in [-0.1, -0.05) is 19.1 Å². The number of aromatic amines is 1. The molecular weight excluding hydrogens is 416 g/mol. The lowest BCUT2D eigenvalue weighted by Gasteiger charge is -2.26. The third-order valence-electron chi connectivity index (χ3n) is 6.32. The van der Waals surface area contributed by atoms with Gasteiger partial charge in [-0.3, -0.25) is 4.79 Å². The van der Waals surface area contributed by atoms with E-state index in [9.17, 15) is 9.90 Å². The fourth-order valence-electron chi connectivity index (χ4n) is 4.45. The highest BCUT2D eigenvalue weighted by Gasteiger charge is 2.20. The highest BCUT2D eigenvalue weighted by Crippen LogP contribution is 2.33. The van der Waals surface area contributed by atoms with Crippen LogP contribution in [0, 0.1) is 5.92 Å². The molecule has 33 heavy (non-hydrogen) atoms. The molecule has 4 rings (SSSR count). The summed E-state index contributed by atoms with van der Waals surface area (Å²) in [5, 5.41) is 12.9. The smallest absolute Gasteiger partial charge is 0.253 e. The van der Waals surface area contributed by atoms with Gasteiger partial charge in [-0.05, 0) is 67.6 Å². The van der Waals surface area contributed by atoms with Crippen LogP contribution in [0.4, 0.5) is 0 Å². The lowest BCUT2D eigenvalue weighted by molar-refractivity contribution is 0.0850. The predicted octanol–water partition coefficient (Wildman–Crippen LogP) is 3.54. The van der Waals surface area contributed by atoms with Gasteiger partial charge in [-0.2, -0.15) is 0 Å². The fourth-order valence-corrected chi connectivity index (χ4v) is 4.45. The number of H-pyrrole nitrogens is 1. The van der Waals surface area contributed by atoms with Gasteiger partial charge in [0.2, 0.25) is 0 Å². The Bertz CT molecular complexity index is 1100. The number of pyridine rings is 1. The molecule has 1 amide bonds. The van der Waals surface area contributed by atoms with Crippen molar-refractivity contribution in [2.24, 2.45) is 5.92 Å². The number of aliphatic hydroxyl groups is 1. The van der Waals surface area contributed by atoms with Crippen molar-refractivity contribution in [1.29, 1.82) is 0 Å². The van der Waals surface area contributed by atoms with Crippen LogP contribution in [0.25, 0.3) is 22.2 Å². The first kappa shape index (κ1) is 23.4. The largest absolute Gasteiger partial charge is 0.396 e. The highest BCUT2D eigenvalue weighted by molar-refractivity contribution is 6.06. The molecule has 2 aromatic heterocycles. The van der Waals surface area contributed by atoms with Crippen LogP contribution in [-0.4, -0.2) is 66.3 Å². The van der Waals surface area contributed by atoms with Gasteiger partial charge in [0, 0.05) is 56.3 Å². The van der Waals surface area contributed by atoms with Gasteiger partial charge >= 0.3 is 0 Å². The van der Waals surface area contributed by atoms with Gasteiger partial charge in [0.25, 0.3) is 5.91 Å². The lowest BCUT2D eigenvalue weighted by atomic mass is 9.86. The number of aliphatic hydroxyl groups excluding tert-OH is 1. The standard InChI is InChI=1S/C26H34N4O3/c1-17(16-31)12-29-26(32)24-14-28-25-23(24)11-20(13-27-25)19-4-5-22(18-6-8-33-9-7-18)21(10-19)15-30(2)3/h4-5,10-11,13-14,17-18,31H,6-9,12,15-16H2,1-3H3,(H,27,28)(H,29,32). The summed E-state index contributed by atoms with van der Waals surface area (Å²) in [5.41, 5.74) is 6.07. The third kappa shape index (κ3) is 5.43. The van der Waals surface area contributed by atoms with Crippen molar-refractivity contribution in [3.05, 3.63) is 53.3 Å². The topological polar surface area (TPSA) is 90.5 Å². The molecule has 1 saturated heterocycles. The van der Waals surface area contributed by atoms with Gasteiger partial charge in [-0.25, -0.2) is 4.98 Å². The second-order valence-electron chi connectivity index (χ2n) is 9.36. The van der Waals surface area contributed by atoms with Crippen LogP contribution in [0.1, 0.15) is 47.2 Å². The van der Waals surface area contributed by atoms with Crippen molar-refractivity contribution in [2.45, 2.75) is 32.2 Å². The Balaban J connectivity index is 1.65. The Morgan fingerprint density at radius 3 is 2.79 bits per heavy atom. The second kappa shape index (κ2) is 10.5. The van der Waals surface area contributed by atoms with E-state index in [4.69, 9.17) is 4.74 Å². The zero-order chi connectivity index (χ0) is 23.4. The van der Waals surface area contributed by atoms with Crippen LogP contribution in [0.3, 0.4) is 0 Å². The number of hydrogen-bond acceptors (Lipinski definition) is 5. The minimum atomic E-state index is -0.163. The molecule has 0 aliphatic carbocycles. The molecule has 176 valence electrons. The first-order valence-electron chi connectivity index (χ1n) is 11.7. The molecule has 3 heterocycles. The summed E-state index contributed by atoms with van der Waals surface area (Å²) in [5.74, 6) is 0.380. The minimum Gasteiger partial charge on any atom is -0.396 e. The van der Waals surface area contributed by atoms with Crippen LogP contribution in [0.5, 0.6) is 0 Å². The average molecular weight is 451 g/mol. The minimum absolute atomic E-state index is 0.0113. The van der Waals surface area contributed by atoms with Crippen LogP contribution >= 0.6 is 0 Å². The van der Waals surface area contributed by atoms with Crippen molar-refractivity contribution in [3.63, 3.8) is 0 Å². The van der Waals surface area contributed by atoms with Gasteiger partial charge in [0.15, 0.2) is 0 Å². The molecule has 7 nitrogen and oxygen atoms in total. The monoisotopic (exact) mass is 450 g/mol. The number of nitrogens with one attached hydrogen (secondary N) is 2. The predicted molar refractivity (Wildman–Crippen MR) is 130 cm³/mol. The van der Waals surface area contributed by atoms with E-state index in [0.717, 1.165) is 49.1 Å². The molecule has 7 heteroatoms. The Morgan fingerprint density at radius 1 is 1.27 bits per heavy atom. The molecule has 1 atom stereocenters. The summed E-state index contributed by atoms with van der Waals surface area (Å²) in [6.45, 7) is 4.88. The van der Waals surface area contributed by atoms with Gasteiger partial charge in [0.05, 0.1) is 5.56 Å². The molecule has 3 N–H and O–H groups in total. The highest BCUT2D eigenvalue weighted by atomic mass is 16.5. The Kier molecular flexibility index (Phi) is 7.42. The maximum Gasteiger partial charge on any atom is 0.253 e. The third-order valence-corrected chi connectivity index (χ3v) is 6.32. The first-order valence-corrected chi connectivity index (χ1v) is 11.7. The maximum absolute atomic E-state index is 12.7. The normalized spacial score (nSPS) is 15.8. The number of amides is 1. The van der Waals surface area contributed by atoms with E-state index in [-0.39, 0.29) is 18.4 Å². The summed E-state index contributed by atoms with van der Waals surface area (Å²) in [6.07, 6.45) is 5.68. The SMILES string of the molecule is CC(CO)CNC(=O)c1c[nH]c2ncc(-c3ccc(C4CCOCC4)c(CN(C)C)c3)cc12. The number of carbonyl (C=O) groups is 1. The molecule has 0 radical (unpaired) electrons. The van der Waals surface area contributed by atoms with Crippen LogP contribution in [0.2, 0.25) is 0 Å². The summed E-state index contributed by atoms with van der Waals surface area (Å²) >= 11 is 0. The van der Waals surface area contributed by atoms with Crippen LogP contribution < -0.4 is 5.32 Å². The van der Waals surface area contributed by atoms with E-state index in [0.29, 0.717) is 23.7 Å². The number of nitrogens with zero attached hydrogens (tertiary/aromatic N) is 2. The van der Waals surface area contributed by atoms with Crippen molar-refractivity contribution >= 4 is 16.9 Å². The molecule has 3 aromatic rings. The molecule has 0 bridgehead atoms. The zero-order valence-corrected chi connectivity index (χ0v) is 19.7. The number of ether oxygens (including phenoxy) is 1. The van der Waals surface area contributed by atoms with E-state index in [1.165, 1.54) is 11.1 Å². The molecule has 0 saturated carbocycles. The van der Waals surface area contributed by atoms with Gasteiger partial charge in [-0.15, -0.1) is 0 Å². The van der Waals surface area contributed by atoms with Crippen molar-refractivity contribution < 1.29 is 14.6 Å². The first-order chi connectivity index (χ1) is 16.0. The van der Waals surface area contributed by atoms with Crippen LogP contribution in [0.15, 0.2) is 36.7 Å². The van der Waals surface area contributed by atoms with E-state index in [2.05, 4.69) is 52.5 Å². The van der Waals surface area contributed by atoms with E-state index in [1.54, 1.807) is 6.20 Å². The molecule has 1 aliphatic rings. The van der Waals surface area contributed by atoms with Crippen molar-refractivity contribution in [2.75, 3.05) is 40.5 Å². The number of rotatable bonds is 8. The summed E-state index contributed by atoms with van der Waals surface area (Å²) < 4.78 is 5.57. The maximum atomic E-state index is 12.7. The molecule has 1 unspecified atom stereocenters. The fraction of sp³-hybridized carbons (Fsp3) is 0.462. The average Bonchev–Trinajstić information content (AvgIpc) is 3.26. The molecule has 1 aromatic carbocycles. The summed E-state index contributed by atoms with van der Waals surface area (Å²) in [4.78, 5) is 22.6. The lowest BCUT2D eigenvalue weighted by Crippen LogP contribution is -2.29. The number of carbonyl (C=O) groups excluding carboxylic acids is 1. The van der Waals surface area contributed by atoms with Crippen molar-refractivity contribution in [3.8, 4) is 11.1 Å². The number of aromatic nitrogens is 2. The van der Waals surface area contributed by atoms with E-state index < -0.39 is 0 Å². The quantitative estimate of drug-likeness (QED) is 0.488. The van der Waals surface area contributed by atoms with Crippen molar-refractivity contribution in [1.82, 2.24) is 20.2 Å². The van der Waals surface area contributed by atoms with E-state index >= 15 is 0 Å². The molecule has 0 spiro atoms. The molecule has 1 fully saturated rings. The number of fused-ring (bicyclic) bond motifs is 1. The van der Waals surface area contributed by atoms with Crippen LogP contribution in [-0.2, 0) is 11.3 Å².